The smallest absolute Gasteiger partial charge is 0.181 e. The van der Waals surface area contributed by atoms with Gasteiger partial charge in [0.2, 0.25) is 0 Å². The summed E-state index contributed by atoms with van der Waals surface area (Å²) in [5, 5.41) is 8.75. The van der Waals surface area contributed by atoms with Gasteiger partial charge in [-0.3, -0.25) is 4.90 Å². The van der Waals surface area contributed by atoms with Crippen LogP contribution in [-0.4, -0.2) is 42.0 Å². The lowest BCUT2D eigenvalue weighted by Crippen LogP contribution is -2.56. The lowest BCUT2D eigenvalue weighted by Gasteiger charge is -2.45. The van der Waals surface area contributed by atoms with E-state index in [1.165, 1.54) is 12.8 Å². The summed E-state index contributed by atoms with van der Waals surface area (Å²) in [5.41, 5.74) is 0. The first-order valence-corrected chi connectivity index (χ1v) is 7.01. The molecule has 4 heteroatoms. The molecular formula is C14H24N2O2. The first-order valence-electron chi connectivity index (χ1n) is 7.01. The van der Waals surface area contributed by atoms with Crippen LogP contribution in [0.4, 0.5) is 0 Å². The molecule has 4 nitrogen and oxygen atoms in total. The van der Waals surface area contributed by atoms with Gasteiger partial charge in [0.15, 0.2) is 5.79 Å². The van der Waals surface area contributed by atoms with Crippen molar-refractivity contribution in [3.63, 3.8) is 0 Å². The maximum absolute atomic E-state index is 8.75. The van der Waals surface area contributed by atoms with Gasteiger partial charge >= 0.3 is 0 Å². The molecule has 0 bridgehead atoms. The van der Waals surface area contributed by atoms with Crippen LogP contribution in [0.3, 0.4) is 0 Å². The van der Waals surface area contributed by atoms with Gasteiger partial charge in [0.05, 0.1) is 31.2 Å². The summed E-state index contributed by atoms with van der Waals surface area (Å²) >= 11 is 0. The van der Waals surface area contributed by atoms with Gasteiger partial charge in [0.1, 0.15) is 0 Å². The van der Waals surface area contributed by atoms with E-state index in [4.69, 9.17) is 14.7 Å². The zero-order valence-electron chi connectivity index (χ0n) is 11.7. The van der Waals surface area contributed by atoms with E-state index in [1.807, 2.05) is 6.92 Å². The van der Waals surface area contributed by atoms with E-state index in [0.717, 1.165) is 13.0 Å². The van der Waals surface area contributed by atoms with Crippen molar-refractivity contribution in [1.29, 1.82) is 5.26 Å². The van der Waals surface area contributed by atoms with E-state index in [1.54, 1.807) is 0 Å². The lowest BCUT2D eigenvalue weighted by molar-refractivity contribution is -0.208. The predicted octanol–water partition coefficient (Wildman–Crippen LogP) is 2.29. The molecule has 3 unspecified atom stereocenters. The molecule has 0 spiro atoms. The van der Waals surface area contributed by atoms with Crippen LogP contribution in [0.2, 0.25) is 0 Å². The number of hydrogen-bond acceptors (Lipinski definition) is 4. The maximum atomic E-state index is 8.75. The van der Waals surface area contributed by atoms with Gasteiger partial charge in [-0.15, -0.1) is 0 Å². The fourth-order valence-electron chi connectivity index (χ4n) is 3.17. The Kier molecular flexibility index (Phi) is 4.26. The van der Waals surface area contributed by atoms with Crippen LogP contribution < -0.4 is 0 Å². The molecule has 0 aliphatic carbocycles. The van der Waals surface area contributed by atoms with Gasteiger partial charge in [-0.1, -0.05) is 6.42 Å². The Morgan fingerprint density at radius 2 is 2.22 bits per heavy atom. The van der Waals surface area contributed by atoms with Crippen molar-refractivity contribution in [3.05, 3.63) is 0 Å². The molecule has 0 radical (unpaired) electrons. The quantitative estimate of drug-likeness (QED) is 0.773. The Hall–Kier alpha value is -0.630. The first kappa shape index (κ1) is 13.8. The molecule has 2 saturated heterocycles. The molecule has 0 N–H and O–H groups in total. The Bertz CT molecular complexity index is 326. The van der Waals surface area contributed by atoms with E-state index < -0.39 is 5.79 Å². The van der Waals surface area contributed by atoms with Crippen LogP contribution in [0.5, 0.6) is 0 Å². The first-order chi connectivity index (χ1) is 8.57. The number of likely N-dealkylation sites (tertiary alicyclic amines) is 1. The second kappa shape index (κ2) is 5.56. The SMILES string of the molecule is CC(C)N1CCCCC1C1(C)OCC(CC#N)O1. The van der Waals surface area contributed by atoms with Crippen LogP contribution in [0.25, 0.3) is 0 Å². The van der Waals surface area contributed by atoms with E-state index in [2.05, 4.69) is 24.8 Å². The average molecular weight is 252 g/mol. The molecule has 0 aromatic carbocycles. The number of hydrogen-bond donors (Lipinski definition) is 0. The summed E-state index contributed by atoms with van der Waals surface area (Å²) < 4.78 is 11.9. The average Bonchev–Trinajstić information content (AvgIpc) is 2.73. The van der Waals surface area contributed by atoms with Crippen molar-refractivity contribution >= 4 is 0 Å². The molecule has 0 saturated carbocycles. The van der Waals surface area contributed by atoms with Crippen LogP contribution >= 0.6 is 0 Å². The summed E-state index contributed by atoms with van der Waals surface area (Å²) in [5.74, 6) is -0.536. The second-order valence-corrected chi connectivity index (χ2v) is 5.77. The van der Waals surface area contributed by atoms with Crippen molar-refractivity contribution in [1.82, 2.24) is 4.90 Å². The number of piperidine rings is 1. The summed E-state index contributed by atoms with van der Waals surface area (Å²) in [6, 6.07) is 2.99. The minimum absolute atomic E-state index is 0.0593. The van der Waals surface area contributed by atoms with Crippen LogP contribution in [0.1, 0.15) is 46.5 Å². The molecule has 0 aromatic heterocycles. The molecule has 2 aliphatic rings. The Morgan fingerprint density at radius 3 is 2.89 bits per heavy atom. The van der Waals surface area contributed by atoms with E-state index in [9.17, 15) is 0 Å². The zero-order chi connectivity index (χ0) is 13.2. The topological polar surface area (TPSA) is 45.5 Å². The van der Waals surface area contributed by atoms with Gasteiger partial charge in [0, 0.05) is 6.04 Å². The van der Waals surface area contributed by atoms with Crippen molar-refractivity contribution in [2.45, 2.75) is 70.4 Å². The molecule has 102 valence electrons. The fraction of sp³-hybridized carbons (Fsp3) is 0.929. The van der Waals surface area contributed by atoms with E-state index >= 15 is 0 Å². The van der Waals surface area contributed by atoms with Gasteiger partial charge in [0.25, 0.3) is 0 Å². The standard InChI is InChI=1S/C14H24N2O2/c1-11(2)16-9-5-4-6-13(16)14(3)17-10-12(18-14)7-8-15/h11-13H,4-7,9-10H2,1-3H3. The minimum Gasteiger partial charge on any atom is -0.346 e. The summed E-state index contributed by atoms with van der Waals surface area (Å²) in [7, 11) is 0. The van der Waals surface area contributed by atoms with Gasteiger partial charge < -0.3 is 9.47 Å². The minimum atomic E-state index is -0.536. The molecule has 2 rings (SSSR count). The predicted molar refractivity (Wildman–Crippen MR) is 68.9 cm³/mol. The second-order valence-electron chi connectivity index (χ2n) is 5.77. The number of rotatable bonds is 3. The molecule has 0 aromatic rings. The third-order valence-corrected chi connectivity index (χ3v) is 4.09. The normalized spacial score (nSPS) is 37.9. The van der Waals surface area contributed by atoms with Crippen molar-refractivity contribution in [3.8, 4) is 6.07 Å². The van der Waals surface area contributed by atoms with Gasteiger partial charge in [-0.25, -0.2) is 0 Å². The summed E-state index contributed by atoms with van der Waals surface area (Å²) in [6.07, 6.45) is 3.97. The largest absolute Gasteiger partial charge is 0.346 e. The Labute approximate surface area is 110 Å². The molecule has 0 amide bonds. The maximum Gasteiger partial charge on any atom is 0.181 e. The third-order valence-electron chi connectivity index (χ3n) is 4.09. The number of nitriles is 1. The van der Waals surface area contributed by atoms with Crippen molar-refractivity contribution in [2.75, 3.05) is 13.2 Å². The van der Waals surface area contributed by atoms with Gasteiger partial charge in [-0.05, 0) is 40.2 Å². The van der Waals surface area contributed by atoms with Crippen LogP contribution in [-0.2, 0) is 9.47 Å². The van der Waals surface area contributed by atoms with Crippen LogP contribution in [0, 0.1) is 11.3 Å². The highest BCUT2D eigenvalue weighted by molar-refractivity contribution is 4.93. The number of ether oxygens (including phenoxy) is 2. The highest BCUT2D eigenvalue weighted by Gasteiger charge is 2.47. The molecule has 18 heavy (non-hydrogen) atoms. The molecule has 2 aliphatic heterocycles. The lowest BCUT2D eigenvalue weighted by atomic mass is 9.94. The highest BCUT2D eigenvalue weighted by atomic mass is 16.7. The Morgan fingerprint density at radius 1 is 1.44 bits per heavy atom. The van der Waals surface area contributed by atoms with Crippen molar-refractivity contribution in [2.24, 2.45) is 0 Å². The molecule has 2 fully saturated rings. The third kappa shape index (κ3) is 2.69. The highest BCUT2D eigenvalue weighted by Crippen LogP contribution is 2.36. The number of nitrogens with zero attached hydrogens (tertiary/aromatic N) is 2. The van der Waals surface area contributed by atoms with Crippen LogP contribution in [0.15, 0.2) is 0 Å². The van der Waals surface area contributed by atoms with E-state index in [0.29, 0.717) is 25.1 Å². The fourth-order valence-corrected chi connectivity index (χ4v) is 3.17. The van der Waals surface area contributed by atoms with E-state index in [-0.39, 0.29) is 6.10 Å². The molecular weight excluding hydrogens is 228 g/mol. The molecule has 3 atom stereocenters. The monoisotopic (exact) mass is 252 g/mol. The Balaban J connectivity index is 2.06. The zero-order valence-corrected chi connectivity index (χ0v) is 11.7. The van der Waals surface area contributed by atoms with Crippen molar-refractivity contribution < 1.29 is 9.47 Å². The summed E-state index contributed by atoms with van der Waals surface area (Å²) in [4.78, 5) is 2.48. The summed E-state index contributed by atoms with van der Waals surface area (Å²) in [6.45, 7) is 8.16. The van der Waals surface area contributed by atoms with Gasteiger partial charge in [-0.2, -0.15) is 5.26 Å². The molecule has 2 heterocycles.